The van der Waals surface area contributed by atoms with Gasteiger partial charge in [0.2, 0.25) is 5.91 Å². The minimum Gasteiger partial charge on any atom is -0.495 e. The summed E-state index contributed by atoms with van der Waals surface area (Å²) in [5.41, 5.74) is 6.85. The molecule has 6 heteroatoms. The highest BCUT2D eigenvalue weighted by Gasteiger charge is 2.24. The zero-order chi connectivity index (χ0) is 16.1. The lowest BCUT2D eigenvalue weighted by molar-refractivity contribution is -0.121. The predicted octanol–water partition coefficient (Wildman–Crippen LogP) is 1.41. The summed E-state index contributed by atoms with van der Waals surface area (Å²) in [5.74, 6) is 0.544. The van der Waals surface area contributed by atoms with Gasteiger partial charge in [0, 0.05) is 31.1 Å². The SMILES string of the molecule is CCC(=O)NC1CCN(C(=O)c2ccc(N)c(OC)c2)CC1. The molecule has 2 amide bonds. The second-order valence-electron chi connectivity index (χ2n) is 5.44. The van der Waals surface area contributed by atoms with Crippen LogP contribution in [-0.4, -0.2) is 43.0 Å². The van der Waals surface area contributed by atoms with E-state index in [1.165, 1.54) is 7.11 Å². The number of nitrogens with one attached hydrogen (secondary N) is 1. The minimum atomic E-state index is -0.0291. The lowest BCUT2D eigenvalue weighted by Crippen LogP contribution is -2.46. The van der Waals surface area contributed by atoms with Crippen LogP contribution in [0.3, 0.4) is 0 Å². The van der Waals surface area contributed by atoms with Crippen LogP contribution in [0.15, 0.2) is 18.2 Å². The fraction of sp³-hybridized carbons (Fsp3) is 0.500. The van der Waals surface area contributed by atoms with Crippen LogP contribution >= 0.6 is 0 Å². The summed E-state index contributed by atoms with van der Waals surface area (Å²) < 4.78 is 5.15. The maximum Gasteiger partial charge on any atom is 0.253 e. The maximum atomic E-state index is 12.5. The Hall–Kier alpha value is -2.24. The van der Waals surface area contributed by atoms with Crippen molar-refractivity contribution in [3.05, 3.63) is 23.8 Å². The van der Waals surface area contributed by atoms with Crippen molar-refractivity contribution in [3.63, 3.8) is 0 Å². The highest BCUT2D eigenvalue weighted by atomic mass is 16.5. The molecule has 2 rings (SSSR count). The first-order chi connectivity index (χ1) is 10.5. The lowest BCUT2D eigenvalue weighted by atomic mass is 10.0. The number of carbonyl (C=O) groups is 2. The summed E-state index contributed by atoms with van der Waals surface area (Å²) in [5, 5.41) is 2.98. The normalized spacial score (nSPS) is 15.5. The third kappa shape index (κ3) is 3.69. The molecule has 6 nitrogen and oxygen atoms in total. The van der Waals surface area contributed by atoms with Gasteiger partial charge in [0.05, 0.1) is 12.8 Å². The largest absolute Gasteiger partial charge is 0.495 e. The molecule has 0 bridgehead atoms. The first kappa shape index (κ1) is 16.1. The highest BCUT2D eigenvalue weighted by molar-refractivity contribution is 5.95. The van der Waals surface area contributed by atoms with Crippen molar-refractivity contribution in [2.24, 2.45) is 0 Å². The number of piperidine rings is 1. The zero-order valence-corrected chi connectivity index (χ0v) is 13.1. The van der Waals surface area contributed by atoms with E-state index in [2.05, 4.69) is 5.32 Å². The Morgan fingerprint density at radius 3 is 2.64 bits per heavy atom. The number of amides is 2. The molecule has 0 spiro atoms. The second-order valence-corrected chi connectivity index (χ2v) is 5.44. The van der Waals surface area contributed by atoms with Crippen molar-refractivity contribution in [1.82, 2.24) is 10.2 Å². The van der Waals surface area contributed by atoms with Crippen molar-refractivity contribution >= 4 is 17.5 Å². The van der Waals surface area contributed by atoms with Gasteiger partial charge in [-0.3, -0.25) is 9.59 Å². The predicted molar refractivity (Wildman–Crippen MR) is 84.8 cm³/mol. The lowest BCUT2D eigenvalue weighted by Gasteiger charge is -2.32. The number of methoxy groups -OCH3 is 1. The highest BCUT2D eigenvalue weighted by Crippen LogP contribution is 2.23. The average molecular weight is 305 g/mol. The molecule has 1 aliphatic heterocycles. The van der Waals surface area contributed by atoms with Crippen LogP contribution in [0.4, 0.5) is 5.69 Å². The standard InChI is InChI=1S/C16H23N3O3/c1-3-15(20)18-12-6-8-19(9-7-12)16(21)11-4-5-13(17)14(10-11)22-2/h4-5,10,12H,3,6-9,17H2,1-2H3,(H,18,20). The number of ether oxygens (including phenoxy) is 1. The number of rotatable bonds is 4. The molecule has 1 aliphatic rings. The van der Waals surface area contributed by atoms with Gasteiger partial charge >= 0.3 is 0 Å². The first-order valence-corrected chi connectivity index (χ1v) is 7.57. The Morgan fingerprint density at radius 1 is 1.36 bits per heavy atom. The number of likely N-dealkylation sites (tertiary alicyclic amines) is 1. The summed E-state index contributed by atoms with van der Waals surface area (Å²) >= 11 is 0. The van der Waals surface area contributed by atoms with Gasteiger partial charge in [-0.1, -0.05) is 6.92 Å². The quantitative estimate of drug-likeness (QED) is 0.824. The fourth-order valence-electron chi connectivity index (χ4n) is 2.58. The Balaban J connectivity index is 1.96. The van der Waals surface area contributed by atoms with E-state index in [9.17, 15) is 9.59 Å². The zero-order valence-electron chi connectivity index (χ0n) is 13.1. The molecule has 0 atom stereocenters. The van der Waals surface area contributed by atoms with Gasteiger partial charge in [0.1, 0.15) is 5.75 Å². The third-order valence-electron chi connectivity index (χ3n) is 3.95. The van der Waals surface area contributed by atoms with Crippen LogP contribution in [0.1, 0.15) is 36.5 Å². The molecule has 0 unspecified atom stereocenters. The van der Waals surface area contributed by atoms with Gasteiger partial charge in [-0.05, 0) is 31.0 Å². The molecular weight excluding hydrogens is 282 g/mol. The topological polar surface area (TPSA) is 84.7 Å². The summed E-state index contributed by atoms with van der Waals surface area (Å²) in [6.07, 6.45) is 2.05. The van der Waals surface area contributed by atoms with Gasteiger partial charge < -0.3 is 20.7 Å². The van der Waals surface area contributed by atoms with E-state index in [1.54, 1.807) is 23.1 Å². The number of nitrogens with zero attached hydrogens (tertiary/aromatic N) is 1. The Morgan fingerprint density at radius 2 is 2.05 bits per heavy atom. The number of carbonyl (C=O) groups excluding carboxylic acids is 2. The Kier molecular flexibility index (Phi) is 5.25. The molecule has 1 aromatic carbocycles. The second kappa shape index (κ2) is 7.15. The van der Waals surface area contributed by atoms with Gasteiger partial charge in [0.25, 0.3) is 5.91 Å². The molecule has 1 saturated heterocycles. The van der Waals surface area contributed by atoms with Gasteiger partial charge in [-0.25, -0.2) is 0 Å². The van der Waals surface area contributed by atoms with Crippen molar-refractivity contribution < 1.29 is 14.3 Å². The number of benzene rings is 1. The van der Waals surface area contributed by atoms with Crippen molar-refractivity contribution in [3.8, 4) is 5.75 Å². The molecule has 3 N–H and O–H groups in total. The number of hydrogen-bond donors (Lipinski definition) is 2. The van der Waals surface area contributed by atoms with E-state index in [1.807, 2.05) is 6.92 Å². The van der Waals surface area contributed by atoms with Crippen LogP contribution in [-0.2, 0) is 4.79 Å². The third-order valence-corrected chi connectivity index (χ3v) is 3.95. The molecule has 0 aliphatic carbocycles. The van der Waals surface area contributed by atoms with Crippen LogP contribution < -0.4 is 15.8 Å². The summed E-state index contributed by atoms with van der Waals surface area (Å²) in [7, 11) is 1.53. The number of nitrogens with two attached hydrogens (primary N) is 1. The van der Waals surface area contributed by atoms with E-state index >= 15 is 0 Å². The van der Waals surface area contributed by atoms with Gasteiger partial charge in [-0.2, -0.15) is 0 Å². The van der Waals surface area contributed by atoms with Crippen LogP contribution in [0.5, 0.6) is 5.75 Å². The van der Waals surface area contributed by atoms with Crippen molar-refractivity contribution in [2.45, 2.75) is 32.2 Å². The monoisotopic (exact) mass is 305 g/mol. The van der Waals surface area contributed by atoms with Crippen molar-refractivity contribution in [1.29, 1.82) is 0 Å². The number of anilines is 1. The number of nitrogen functional groups attached to an aromatic ring is 1. The summed E-state index contributed by atoms with van der Waals surface area (Å²) in [6.45, 7) is 3.11. The van der Waals surface area contributed by atoms with Crippen LogP contribution in [0.25, 0.3) is 0 Å². The first-order valence-electron chi connectivity index (χ1n) is 7.57. The maximum absolute atomic E-state index is 12.5. The Labute approximate surface area is 130 Å². The molecule has 22 heavy (non-hydrogen) atoms. The van der Waals surface area contributed by atoms with E-state index in [-0.39, 0.29) is 17.9 Å². The molecule has 0 radical (unpaired) electrons. The molecule has 120 valence electrons. The van der Waals surface area contributed by atoms with E-state index in [0.717, 1.165) is 12.8 Å². The molecule has 0 saturated carbocycles. The van der Waals surface area contributed by atoms with Crippen LogP contribution in [0.2, 0.25) is 0 Å². The van der Waals surface area contributed by atoms with E-state index in [4.69, 9.17) is 10.5 Å². The molecule has 1 aromatic rings. The van der Waals surface area contributed by atoms with E-state index < -0.39 is 0 Å². The molecule has 1 heterocycles. The molecule has 1 fully saturated rings. The summed E-state index contributed by atoms with van der Waals surface area (Å²) in [4.78, 5) is 25.7. The van der Waals surface area contributed by atoms with Gasteiger partial charge in [-0.15, -0.1) is 0 Å². The fourth-order valence-corrected chi connectivity index (χ4v) is 2.58. The average Bonchev–Trinajstić information content (AvgIpc) is 2.55. The molecular formula is C16H23N3O3. The van der Waals surface area contributed by atoms with Gasteiger partial charge in [0.15, 0.2) is 0 Å². The smallest absolute Gasteiger partial charge is 0.253 e. The summed E-state index contributed by atoms with van der Waals surface area (Å²) in [6, 6.07) is 5.23. The van der Waals surface area contributed by atoms with Crippen molar-refractivity contribution in [2.75, 3.05) is 25.9 Å². The number of hydrogen-bond acceptors (Lipinski definition) is 4. The molecule has 0 aromatic heterocycles. The van der Waals surface area contributed by atoms with Crippen LogP contribution in [0, 0.1) is 0 Å². The minimum absolute atomic E-state index is 0.0291. The Bertz CT molecular complexity index is 552. The van der Waals surface area contributed by atoms with E-state index in [0.29, 0.717) is 36.5 Å².